The van der Waals surface area contributed by atoms with Gasteiger partial charge in [-0.15, -0.1) is 0 Å². The molecule has 27 heavy (non-hydrogen) atoms. The van der Waals surface area contributed by atoms with Crippen molar-refractivity contribution in [1.29, 1.82) is 0 Å². The molecule has 1 aromatic rings. The molecular formula is C19H29N3O4S. The first-order valence-corrected chi connectivity index (χ1v) is 11.1. The quantitative estimate of drug-likeness (QED) is 0.721. The molecule has 0 radical (unpaired) electrons. The number of aliphatic hydroxyl groups excluding tert-OH is 1. The summed E-state index contributed by atoms with van der Waals surface area (Å²) >= 11 is 0. The molecule has 3 N–H and O–H groups in total. The average molecular weight is 396 g/mol. The molecule has 1 aliphatic heterocycles. The van der Waals surface area contributed by atoms with Crippen LogP contribution >= 0.6 is 0 Å². The van der Waals surface area contributed by atoms with E-state index in [1.54, 1.807) is 0 Å². The number of aliphatic hydroxyl groups is 1. The molecular weight excluding hydrogens is 366 g/mol. The zero-order valence-electron chi connectivity index (χ0n) is 15.5. The second-order valence-corrected chi connectivity index (χ2v) is 9.16. The van der Waals surface area contributed by atoms with Crippen LogP contribution < -0.4 is 5.14 Å². The van der Waals surface area contributed by atoms with Crippen LogP contribution in [0, 0.1) is 11.8 Å². The lowest BCUT2D eigenvalue weighted by atomic mass is 9.78. The topological polar surface area (TPSA) is 104 Å². The zero-order valence-corrected chi connectivity index (χ0v) is 16.4. The predicted octanol–water partition coefficient (Wildman–Crippen LogP) is 1.09. The van der Waals surface area contributed by atoms with E-state index >= 15 is 0 Å². The number of benzene rings is 1. The van der Waals surface area contributed by atoms with Crippen molar-refractivity contribution in [3.05, 3.63) is 35.9 Å². The standard InChI is InChI=1S/C19H29N3O4S/c20-27(25,26)21-11-9-17(10-12-21)19(24)22(13-15-5-2-1-3-6-15)18(14-23)16-7-4-8-16/h1-3,5-6,16-18,23H,4,7-14H2,(H2,20,25,26). The van der Waals surface area contributed by atoms with Gasteiger partial charge in [0.25, 0.3) is 10.2 Å². The van der Waals surface area contributed by atoms with Crippen molar-refractivity contribution in [2.45, 2.75) is 44.7 Å². The summed E-state index contributed by atoms with van der Waals surface area (Å²) in [7, 11) is -3.70. The van der Waals surface area contributed by atoms with Crippen molar-refractivity contribution in [1.82, 2.24) is 9.21 Å². The first-order chi connectivity index (χ1) is 12.9. The Balaban J connectivity index is 1.74. The van der Waals surface area contributed by atoms with Crippen LogP contribution in [0.25, 0.3) is 0 Å². The monoisotopic (exact) mass is 395 g/mol. The fraction of sp³-hybridized carbons (Fsp3) is 0.632. The number of hydrogen-bond donors (Lipinski definition) is 2. The van der Waals surface area contributed by atoms with E-state index in [2.05, 4.69) is 0 Å². The first-order valence-electron chi connectivity index (χ1n) is 9.63. The fourth-order valence-corrected chi connectivity index (χ4v) is 4.78. The first kappa shape index (κ1) is 20.3. The molecule has 8 heteroatoms. The Hall–Kier alpha value is -1.48. The van der Waals surface area contributed by atoms with Gasteiger partial charge in [0.1, 0.15) is 0 Å². The van der Waals surface area contributed by atoms with E-state index in [1.807, 2.05) is 35.2 Å². The number of rotatable bonds is 7. The number of carbonyl (C=O) groups is 1. The van der Waals surface area contributed by atoms with E-state index in [4.69, 9.17) is 5.14 Å². The van der Waals surface area contributed by atoms with Gasteiger partial charge in [-0.05, 0) is 37.2 Å². The second-order valence-electron chi connectivity index (χ2n) is 7.61. The number of nitrogens with two attached hydrogens (primary N) is 1. The SMILES string of the molecule is NS(=O)(=O)N1CCC(C(=O)N(Cc2ccccc2)C(CO)C2CCC2)CC1. The lowest BCUT2D eigenvalue weighted by Gasteiger charge is -2.42. The fourth-order valence-electron chi connectivity index (χ4n) is 4.06. The van der Waals surface area contributed by atoms with Crippen LogP contribution in [0.1, 0.15) is 37.7 Å². The van der Waals surface area contributed by atoms with Gasteiger partial charge in [0, 0.05) is 25.6 Å². The third-order valence-corrected chi connectivity index (χ3v) is 7.01. The average Bonchev–Trinajstić information content (AvgIpc) is 2.62. The van der Waals surface area contributed by atoms with Crippen molar-refractivity contribution in [3.8, 4) is 0 Å². The summed E-state index contributed by atoms with van der Waals surface area (Å²) in [5.74, 6) is 0.117. The third kappa shape index (κ3) is 4.87. The van der Waals surface area contributed by atoms with Crippen LogP contribution in [0.3, 0.4) is 0 Å². The number of amides is 1. The Morgan fingerprint density at radius 2 is 1.81 bits per heavy atom. The highest BCUT2D eigenvalue weighted by Gasteiger charge is 2.38. The summed E-state index contributed by atoms with van der Waals surface area (Å²) in [5.41, 5.74) is 1.03. The van der Waals surface area contributed by atoms with Crippen LogP contribution in [-0.2, 0) is 21.5 Å². The van der Waals surface area contributed by atoms with Crippen molar-refractivity contribution in [2.75, 3.05) is 19.7 Å². The Kier molecular flexibility index (Phi) is 6.52. The van der Waals surface area contributed by atoms with Crippen LogP contribution in [0.5, 0.6) is 0 Å². The number of carbonyl (C=O) groups excluding carboxylic acids is 1. The normalized spacial score (nSPS) is 20.8. The van der Waals surface area contributed by atoms with E-state index in [0.717, 1.165) is 24.8 Å². The van der Waals surface area contributed by atoms with E-state index in [-0.39, 0.29) is 37.6 Å². The molecule has 2 fully saturated rings. The molecule has 1 heterocycles. The van der Waals surface area contributed by atoms with Crippen LogP contribution in [-0.4, -0.2) is 54.4 Å². The number of hydrogen-bond acceptors (Lipinski definition) is 4. The largest absolute Gasteiger partial charge is 0.394 e. The molecule has 0 aromatic heterocycles. The molecule has 2 aliphatic rings. The summed E-state index contributed by atoms with van der Waals surface area (Å²) in [5, 5.41) is 15.2. The molecule has 150 valence electrons. The number of nitrogens with zero attached hydrogens (tertiary/aromatic N) is 2. The Bertz CT molecular complexity index is 729. The second kappa shape index (κ2) is 8.68. The third-order valence-electron chi connectivity index (χ3n) is 5.92. The molecule has 0 bridgehead atoms. The van der Waals surface area contributed by atoms with Crippen molar-refractivity contribution in [2.24, 2.45) is 17.0 Å². The van der Waals surface area contributed by atoms with Gasteiger partial charge in [-0.25, -0.2) is 5.14 Å². The molecule has 1 aromatic carbocycles. The molecule has 0 spiro atoms. The van der Waals surface area contributed by atoms with E-state index < -0.39 is 10.2 Å². The Labute approximate surface area is 161 Å². The smallest absolute Gasteiger partial charge is 0.276 e. The van der Waals surface area contributed by atoms with Gasteiger partial charge in [0.05, 0.1) is 12.6 Å². The minimum absolute atomic E-state index is 0.0128. The zero-order chi connectivity index (χ0) is 19.4. The highest BCUT2D eigenvalue weighted by atomic mass is 32.2. The molecule has 1 amide bonds. The van der Waals surface area contributed by atoms with Gasteiger partial charge >= 0.3 is 0 Å². The van der Waals surface area contributed by atoms with E-state index in [1.165, 1.54) is 4.31 Å². The summed E-state index contributed by atoms with van der Waals surface area (Å²) in [4.78, 5) is 15.1. The summed E-state index contributed by atoms with van der Waals surface area (Å²) in [6, 6.07) is 9.62. The molecule has 3 rings (SSSR count). The van der Waals surface area contributed by atoms with Gasteiger partial charge in [0.15, 0.2) is 0 Å². The number of piperidine rings is 1. The molecule has 1 saturated heterocycles. The maximum Gasteiger partial charge on any atom is 0.276 e. The van der Waals surface area contributed by atoms with Crippen molar-refractivity contribution >= 4 is 16.1 Å². The molecule has 7 nitrogen and oxygen atoms in total. The minimum Gasteiger partial charge on any atom is -0.394 e. The van der Waals surface area contributed by atoms with Crippen LogP contribution in [0.15, 0.2) is 30.3 Å². The van der Waals surface area contributed by atoms with Crippen LogP contribution in [0.4, 0.5) is 0 Å². The highest BCUT2D eigenvalue weighted by molar-refractivity contribution is 7.86. The van der Waals surface area contributed by atoms with E-state index in [0.29, 0.717) is 25.3 Å². The lowest BCUT2D eigenvalue weighted by molar-refractivity contribution is -0.143. The highest BCUT2D eigenvalue weighted by Crippen LogP contribution is 2.34. The van der Waals surface area contributed by atoms with E-state index in [9.17, 15) is 18.3 Å². The molecule has 1 aliphatic carbocycles. The van der Waals surface area contributed by atoms with Crippen molar-refractivity contribution in [3.63, 3.8) is 0 Å². The summed E-state index contributed by atoms with van der Waals surface area (Å²) in [6.45, 7) is 0.958. The van der Waals surface area contributed by atoms with Gasteiger partial charge in [-0.3, -0.25) is 4.79 Å². The summed E-state index contributed by atoms with van der Waals surface area (Å²) < 4.78 is 24.2. The Morgan fingerprint density at radius 1 is 1.19 bits per heavy atom. The molecule has 1 atom stereocenters. The van der Waals surface area contributed by atoms with Gasteiger partial charge in [-0.2, -0.15) is 12.7 Å². The molecule has 1 saturated carbocycles. The predicted molar refractivity (Wildman–Crippen MR) is 103 cm³/mol. The van der Waals surface area contributed by atoms with Gasteiger partial charge in [-0.1, -0.05) is 36.8 Å². The van der Waals surface area contributed by atoms with Crippen molar-refractivity contribution < 1.29 is 18.3 Å². The maximum absolute atomic E-state index is 13.3. The lowest BCUT2D eigenvalue weighted by Crippen LogP contribution is -2.52. The molecule has 1 unspecified atom stereocenters. The minimum atomic E-state index is -3.70. The van der Waals surface area contributed by atoms with Gasteiger partial charge in [0.2, 0.25) is 5.91 Å². The summed E-state index contributed by atoms with van der Waals surface area (Å²) in [6.07, 6.45) is 4.13. The maximum atomic E-state index is 13.3. The van der Waals surface area contributed by atoms with Gasteiger partial charge < -0.3 is 10.0 Å². The van der Waals surface area contributed by atoms with Crippen LogP contribution in [0.2, 0.25) is 0 Å². The Morgan fingerprint density at radius 3 is 2.30 bits per heavy atom.